The monoisotopic (exact) mass is 287 g/mol. The molecule has 0 aromatic heterocycles. The van der Waals surface area contributed by atoms with Gasteiger partial charge >= 0.3 is 0 Å². The third-order valence-electron chi connectivity index (χ3n) is 3.40. The summed E-state index contributed by atoms with van der Waals surface area (Å²) in [7, 11) is 0. The summed E-state index contributed by atoms with van der Waals surface area (Å²) in [6.45, 7) is 5.96. The van der Waals surface area contributed by atoms with Crippen molar-refractivity contribution in [1.82, 2.24) is 4.90 Å². The Bertz CT molecular complexity index is 422. The fourth-order valence-corrected chi connectivity index (χ4v) is 2.80. The normalized spacial score (nSPS) is 16.9. The number of nitrogens with one attached hydrogen (secondary N) is 1. The molecule has 0 spiro atoms. The van der Waals surface area contributed by atoms with Crippen molar-refractivity contribution in [3.63, 3.8) is 0 Å². The molecule has 1 saturated heterocycles. The minimum Gasteiger partial charge on any atom is -0.332 e. The number of carbonyl (C=O) groups is 1. The molecule has 0 unspecified atom stereocenters. The first-order chi connectivity index (χ1) is 8.58. The summed E-state index contributed by atoms with van der Waals surface area (Å²) in [6, 6.07) is 5.60. The van der Waals surface area contributed by atoms with Gasteiger partial charge in [0.1, 0.15) is 6.54 Å². The van der Waals surface area contributed by atoms with E-state index in [1.807, 2.05) is 23.1 Å². The van der Waals surface area contributed by atoms with Crippen LogP contribution in [-0.4, -0.2) is 37.0 Å². The van der Waals surface area contributed by atoms with Crippen LogP contribution in [-0.2, 0) is 11.3 Å². The second-order valence-corrected chi connectivity index (χ2v) is 5.45. The molecule has 98 valence electrons. The largest absolute Gasteiger partial charge is 0.332 e. The molecule has 1 N–H and O–H groups in total. The molecule has 5 heteroatoms. The quantitative estimate of drug-likeness (QED) is 0.870. The number of amides is 1. The Balaban J connectivity index is 1.98. The molecular weight excluding hydrogens is 271 g/mol. The maximum atomic E-state index is 11.2. The molecule has 1 aromatic rings. The molecule has 1 aliphatic rings. The highest BCUT2D eigenvalue weighted by molar-refractivity contribution is 6.35. The van der Waals surface area contributed by atoms with Crippen molar-refractivity contribution < 1.29 is 9.69 Å². The van der Waals surface area contributed by atoms with Gasteiger partial charge in [-0.2, -0.15) is 0 Å². The van der Waals surface area contributed by atoms with Crippen molar-refractivity contribution in [2.75, 3.05) is 26.2 Å². The average molecular weight is 288 g/mol. The minimum absolute atomic E-state index is 0.157. The minimum atomic E-state index is 0.157. The van der Waals surface area contributed by atoms with Crippen molar-refractivity contribution in [2.24, 2.45) is 0 Å². The van der Waals surface area contributed by atoms with E-state index >= 15 is 0 Å². The van der Waals surface area contributed by atoms with Crippen molar-refractivity contribution in [3.05, 3.63) is 33.8 Å². The third-order valence-corrected chi connectivity index (χ3v) is 4.11. The molecule has 1 aromatic carbocycles. The predicted octanol–water partition coefficient (Wildman–Crippen LogP) is 1.24. The number of quaternary nitrogens is 1. The molecule has 0 radical (unpaired) electrons. The molecule has 0 saturated carbocycles. The summed E-state index contributed by atoms with van der Waals surface area (Å²) < 4.78 is 0. The van der Waals surface area contributed by atoms with Gasteiger partial charge in [0.25, 0.3) is 0 Å². The number of nitrogens with zero attached hydrogens (tertiary/aromatic N) is 1. The fourth-order valence-electron chi connectivity index (χ4n) is 2.27. The first-order valence-corrected chi connectivity index (χ1v) is 6.85. The van der Waals surface area contributed by atoms with E-state index in [0.717, 1.165) is 48.3 Å². The highest BCUT2D eigenvalue weighted by Gasteiger charge is 2.22. The van der Waals surface area contributed by atoms with Crippen molar-refractivity contribution in [1.29, 1.82) is 0 Å². The van der Waals surface area contributed by atoms with Crippen LogP contribution in [0.4, 0.5) is 0 Å². The lowest BCUT2D eigenvalue weighted by Crippen LogP contribution is -3.13. The molecule has 3 nitrogen and oxygen atoms in total. The number of hydrogen-bond acceptors (Lipinski definition) is 1. The molecule has 18 heavy (non-hydrogen) atoms. The van der Waals surface area contributed by atoms with Crippen LogP contribution in [0.5, 0.6) is 0 Å². The molecule has 2 rings (SSSR count). The Morgan fingerprint density at radius 2 is 1.83 bits per heavy atom. The highest BCUT2D eigenvalue weighted by Crippen LogP contribution is 2.23. The Labute approximate surface area is 117 Å². The molecule has 0 aliphatic carbocycles. The van der Waals surface area contributed by atoms with E-state index in [1.54, 1.807) is 6.92 Å². The molecule has 0 atom stereocenters. The fraction of sp³-hybridized carbons (Fsp3) is 0.462. The number of rotatable bonds is 2. The summed E-state index contributed by atoms with van der Waals surface area (Å²) in [5, 5.41) is 1.45. The van der Waals surface area contributed by atoms with E-state index in [0.29, 0.717) is 0 Å². The zero-order chi connectivity index (χ0) is 13.1. The summed E-state index contributed by atoms with van der Waals surface area (Å²) in [5.74, 6) is 0.157. The highest BCUT2D eigenvalue weighted by atomic mass is 35.5. The zero-order valence-corrected chi connectivity index (χ0v) is 11.9. The molecular formula is C13H17Cl2N2O+. The van der Waals surface area contributed by atoms with Gasteiger partial charge in [0.2, 0.25) is 5.91 Å². The first-order valence-electron chi connectivity index (χ1n) is 6.10. The van der Waals surface area contributed by atoms with Crippen molar-refractivity contribution >= 4 is 29.1 Å². The van der Waals surface area contributed by atoms with E-state index in [1.165, 1.54) is 4.90 Å². The maximum absolute atomic E-state index is 11.2. The van der Waals surface area contributed by atoms with Crippen LogP contribution in [0.3, 0.4) is 0 Å². The maximum Gasteiger partial charge on any atom is 0.219 e. The standard InChI is InChI=1S/C13H16Cl2N2O/c1-10(18)17-7-5-16(6-8-17)9-11-12(14)3-2-4-13(11)15/h2-4H,5-9H2,1H3/p+1. The van der Waals surface area contributed by atoms with Gasteiger partial charge in [0.15, 0.2) is 0 Å². The van der Waals surface area contributed by atoms with Crippen LogP contribution in [0.1, 0.15) is 12.5 Å². The average Bonchev–Trinajstić information content (AvgIpc) is 2.34. The second-order valence-electron chi connectivity index (χ2n) is 4.63. The van der Waals surface area contributed by atoms with E-state index in [9.17, 15) is 4.79 Å². The van der Waals surface area contributed by atoms with E-state index < -0.39 is 0 Å². The van der Waals surface area contributed by atoms with Crippen LogP contribution in [0.15, 0.2) is 18.2 Å². The molecule has 0 bridgehead atoms. The lowest BCUT2D eigenvalue weighted by atomic mass is 10.2. The Morgan fingerprint density at radius 3 is 2.33 bits per heavy atom. The van der Waals surface area contributed by atoms with Crippen LogP contribution < -0.4 is 4.90 Å². The van der Waals surface area contributed by atoms with Crippen LogP contribution in [0.25, 0.3) is 0 Å². The van der Waals surface area contributed by atoms with Gasteiger partial charge in [-0.05, 0) is 12.1 Å². The topological polar surface area (TPSA) is 24.8 Å². The summed E-state index contributed by atoms with van der Waals surface area (Å²) >= 11 is 12.3. The molecule has 1 aliphatic heterocycles. The van der Waals surface area contributed by atoms with Crippen LogP contribution >= 0.6 is 23.2 Å². The first kappa shape index (κ1) is 13.7. The molecule has 1 amide bonds. The predicted molar refractivity (Wildman–Crippen MR) is 73.1 cm³/mol. The van der Waals surface area contributed by atoms with Crippen molar-refractivity contribution in [3.8, 4) is 0 Å². The van der Waals surface area contributed by atoms with Gasteiger partial charge in [-0.3, -0.25) is 4.79 Å². The summed E-state index contributed by atoms with van der Waals surface area (Å²) in [5.41, 5.74) is 1.01. The van der Waals surface area contributed by atoms with Gasteiger partial charge in [-0.25, -0.2) is 0 Å². The smallest absolute Gasteiger partial charge is 0.219 e. The van der Waals surface area contributed by atoms with Crippen LogP contribution in [0.2, 0.25) is 10.0 Å². The number of benzene rings is 1. The lowest BCUT2D eigenvalue weighted by molar-refractivity contribution is -0.917. The van der Waals surface area contributed by atoms with Gasteiger partial charge in [0, 0.05) is 12.5 Å². The third kappa shape index (κ3) is 3.16. The summed E-state index contributed by atoms with van der Waals surface area (Å²) in [4.78, 5) is 14.6. The number of piperazine rings is 1. The number of hydrogen-bond donors (Lipinski definition) is 1. The second kappa shape index (κ2) is 5.91. The van der Waals surface area contributed by atoms with E-state index in [-0.39, 0.29) is 5.91 Å². The number of carbonyl (C=O) groups excluding carboxylic acids is 1. The van der Waals surface area contributed by atoms with E-state index in [2.05, 4.69) is 0 Å². The van der Waals surface area contributed by atoms with Gasteiger partial charge < -0.3 is 9.80 Å². The zero-order valence-electron chi connectivity index (χ0n) is 10.4. The van der Waals surface area contributed by atoms with Gasteiger partial charge in [-0.1, -0.05) is 29.3 Å². The lowest BCUT2D eigenvalue weighted by Gasteiger charge is -2.31. The van der Waals surface area contributed by atoms with Crippen LogP contribution in [0, 0.1) is 0 Å². The number of halogens is 2. The summed E-state index contributed by atoms with van der Waals surface area (Å²) in [6.07, 6.45) is 0. The van der Waals surface area contributed by atoms with Crippen molar-refractivity contribution in [2.45, 2.75) is 13.5 Å². The Kier molecular flexibility index (Phi) is 4.49. The van der Waals surface area contributed by atoms with Gasteiger partial charge in [-0.15, -0.1) is 0 Å². The van der Waals surface area contributed by atoms with Gasteiger partial charge in [0.05, 0.1) is 36.2 Å². The molecule has 1 fully saturated rings. The Morgan fingerprint density at radius 1 is 1.28 bits per heavy atom. The Hall–Kier alpha value is -0.770. The SMILES string of the molecule is CC(=O)N1CC[NH+](Cc2c(Cl)cccc2Cl)CC1. The van der Waals surface area contributed by atoms with E-state index in [4.69, 9.17) is 23.2 Å². The molecule has 1 heterocycles.